The number of aromatic nitrogens is 2. The number of halogens is 2. The summed E-state index contributed by atoms with van der Waals surface area (Å²) in [5.41, 5.74) is 0. The van der Waals surface area contributed by atoms with Crippen molar-refractivity contribution in [2.24, 2.45) is 0 Å². The fourth-order valence-corrected chi connectivity index (χ4v) is 0.692. The molecule has 0 aliphatic heterocycles. The number of hydrogen-bond donors (Lipinski definition) is 0. The van der Waals surface area contributed by atoms with Crippen LogP contribution in [-0.4, -0.2) is 15.7 Å². The van der Waals surface area contributed by atoms with Gasteiger partial charge in [0.25, 0.3) is 0 Å². The fourth-order valence-electron chi connectivity index (χ4n) is 0.519. The van der Waals surface area contributed by atoms with E-state index in [1.807, 2.05) is 12.3 Å². The molecule has 1 heterocycles. The van der Waals surface area contributed by atoms with Gasteiger partial charge in [0, 0.05) is 18.3 Å². The summed E-state index contributed by atoms with van der Waals surface area (Å²) in [7, 11) is 0. The highest BCUT2D eigenvalue weighted by atomic mass is 35.5. The first kappa shape index (κ1) is 8.79. The van der Waals surface area contributed by atoms with Crippen LogP contribution in [0.1, 0.15) is 0 Å². The van der Waals surface area contributed by atoms with E-state index in [0.29, 0.717) is 5.88 Å². The zero-order valence-electron chi connectivity index (χ0n) is 4.83. The van der Waals surface area contributed by atoms with Gasteiger partial charge in [-0.05, 0) is 6.07 Å². The smallest absolute Gasteiger partial charge is 0.0544 e. The van der Waals surface area contributed by atoms with Crippen molar-refractivity contribution < 1.29 is 0 Å². The van der Waals surface area contributed by atoms with Crippen molar-refractivity contribution in [3.8, 4) is 0 Å². The minimum atomic E-state index is 0. The van der Waals surface area contributed by atoms with Crippen molar-refractivity contribution in [3.63, 3.8) is 0 Å². The second-order valence-electron chi connectivity index (χ2n) is 1.46. The summed E-state index contributed by atoms with van der Waals surface area (Å²) in [6.07, 6.45) is 3.63. The van der Waals surface area contributed by atoms with E-state index < -0.39 is 0 Å². The molecule has 0 amide bonds. The summed E-state index contributed by atoms with van der Waals surface area (Å²) in [5.74, 6) is 0.627. The molecule has 0 radical (unpaired) electrons. The lowest BCUT2D eigenvalue weighted by Crippen LogP contribution is -1.97. The van der Waals surface area contributed by atoms with E-state index >= 15 is 0 Å². The van der Waals surface area contributed by atoms with Crippen LogP contribution >= 0.6 is 24.0 Å². The van der Waals surface area contributed by atoms with Crippen LogP contribution in [0.25, 0.3) is 0 Å². The van der Waals surface area contributed by atoms with Crippen molar-refractivity contribution >= 4 is 24.0 Å². The molecule has 1 aromatic rings. The molecule has 0 N–H and O–H groups in total. The number of nitrogens with zero attached hydrogens (tertiary/aromatic N) is 2. The van der Waals surface area contributed by atoms with Crippen LogP contribution in [0.15, 0.2) is 18.5 Å². The maximum Gasteiger partial charge on any atom is 0.0544 e. The minimum absolute atomic E-state index is 0. The maximum absolute atomic E-state index is 5.43. The Bertz CT molecular complexity index is 139. The first-order valence-corrected chi connectivity index (χ1v) is 3.00. The van der Waals surface area contributed by atoms with Gasteiger partial charge in [0.1, 0.15) is 0 Å². The SMILES string of the molecule is Cl.ClCCn1cccn1. The first-order valence-electron chi connectivity index (χ1n) is 2.47. The molecule has 4 heteroatoms. The molecule has 0 saturated carbocycles. The lowest BCUT2D eigenvalue weighted by atomic mass is 10.7. The lowest BCUT2D eigenvalue weighted by molar-refractivity contribution is 0.664. The van der Waals surface area contributed by atoms with Crippen LogP contribution < -0.4 is 0 Å². The predicted molar refractivity (Wildman–Crippen MR) is 40.2 cm³/mol. The molecule has 0 unspecified atom stereocenters. The average molecular weight is 167 g/mol. The largest absolute Gasteiger partial charge is 0.272 e. The number of hydrogen-bond acceptors (Lipinski definition) is 1. The molecular weight excluding hydrogens is 159 g/mol. The molecule has 0 aliphatic rings. The van der Waals surface area contributed by atoms with Gasteiger partial charge in [0.2, 0.25) is 0 Å². The number of rotatable bonds is 2. The van der Waals surface area contributed by atoms with E-state index in [2.05, 4.69) is 5.10 Å². The molecule has 9 heavy (non-hydrogen) atoms. The van der Waals surface area contributed by atoms with Gasteiger partial charge in [-0.1, -0.05) is 0 Å². The fraction of sp³-hybridized carbons (Fsp3) is 0.400. The Kier molecular flexibility index (Phi) is 4.54. The molecule has 0 aliphatic carbocycles. The van der Waals surface area contributed by atoms with Crippen molar-refractivity contribution in [1.82, 2.24) is 9.78 Å². The zero-order chi connectivity index (χ0) is 5.82. The van der Waals surface area contributed by atoms with Crippen molar-refractivity contribution in [1.29, 1.82) is 0 Å². The standard InChI is InChI=1S/C5H7ClN2.ClH/c6-2-5-8-4-1-3-7-8;/h1,3-4H,2,5H2;1H. The molecule has 1 rings (SSSR count). The van der Waals surface area contributed by atoms with Crippen LogP contribution in [-0.2, 0) is 6.54 Å². The van der Waals surface area contributed by atoms with E-state index in [1.54, 1.807) is 10.9 Å². The highest BCUT2D eigenvalue weighted by Gasteiger charge is 1.83. The lowest BCUT2D eigenvalue weighted by Gasteiger charge is -1.91. The summed E-state index contributed by atoms with van der Waals surface area (Å²) in [5, 5.41) is 3.94. The molecule has 1 aromatic heterocycles. The Hall–Kier alpha value is -0.210. The third kappa shape index (κ3) is 2.72. The van der Waals surface area contributed by atoms with Gasteiger partial charge in [-0.2, -0.15) is 5.10 Å². The topological polar surface area (TPSA) is 17.8 Å². The highest BCUT2D eigenvalue weighted by molar-refractivity contribution is 6.17. The van der Waals surface area contributed by atoms with Gasteiger partial charge in [-0.15, -0.1) is 24.0 Å². The second kappa shape index (κ2) is 4.65. The average Bonchev–Trinajstić information content (AvgIpc) is 2.19. The second-order valence-corrected chi connectivity index (χ2v) is 1.84. The van der Waals surface area contributed by atoms with Crippen LogP contribution in [0.4, 0.5) is 0 Å². The summed E-state index contributed by atoms with van der Waals surface area (Å²) in [6.45, 7) is 0.800. The van der Waals surface area contributed by atoms with Gasteiger partial charge in [0.15, 0.2) is 0 Å². The molecular formula is C5H8Cl2N2. The third-order valence-corrected chi connectivity index (χ3v) is 1.04. The Morgan fingerprint density at radius 3 is 2.78 bits per heavy atom. The first-order chi connectivity index (χ1) is 3.93. The Morgan fingerprint density at radius 2 is 2.33 bits per heavy atom. The van der Waals surface area contributed by atoms with Crippen LogP contribution in [0.5, 0.6) is 0 Å². The van der Waals surface area contributed by atoms with Crippen molar-refractivity contribution in [2.75, 3.05) is 5.88 Å². The Labute approximate surface area is 65.2 Å². The Morgan fingerprint density at radius 1 is 1.56 bits per heavy atom. The third-order valence-electron chi connectivity index (χ3n) is 0.873. The van der Waals surface area contributed by atoms with E-state index in [9.17, 15) is 0 Å². The van der Waals surface area contributed by atoms with Gasteiger partial charge >= 0.3 is 0 Å². The normalized spacial score (nSPS) is 8.56. The van der Waals surface area contributed by atoms with E-state index in [-0.39, 0.29) is 12.4 Å². The molecule has 0 fully saturated rings. The maximum atomic E-state index is 5.43. The summed E-state index contributed by atoms with van der Waals surface area (Å²) >= 11 is 5.43. The van der Waals surface area contributed by atoms with Crippen molar-refractivity contribution in [2.45, 2.75) is 6.54 Å². The molecule has 52 valence electrons. The predicted octanol–water partition coefficient (Wildman–Crippen LogP) is 1.54. The summed E-state index contributed by atoms with van der Waals surface area (Å²) in [4.78, 5) is 0. The van der Waals surface area contributed by atoms with Crippen LogP contribution in [0.3, 0.4) is 0 Å². The van der Waals surface area contributed by atoms with Crippen LogP contribution in [0, 0.1) is 0 Å². The van der Waals surface area contributed by atoms with Crippen molar-refractivity contribution in [3.05, 3.63) is 18.5 Å². The molecule has 2 nitrogen and oxygen atoms in total. The molecule has 0 bridgehead atoms. The molecule has 0 aromatic carbocycles. The van der Waals surface area contributed by atoms with Gasteiger partial charge < -0.3 is 0 Å². The summed E-state index contributed by atoms with van der Waals surface area (Å²) in [6, 6.07) is 1.88. The number of alkyl halides is 1. The quantitative estimate of drug-likeness (QED) is 0.611. The van der Waals surface area contributed by atoms with E-state index in [4.69, 9.17) is 11.6 Å². The van der Waals surface area contributed by atoms with Crippen LogP contribution in [0.2, 0.25) is 0 Å². The summed E-state index contributed by atoms with van der Waals surface area (Å²) < 4.78 is 1.80. The minimum Gasteiger partial charge on any atom is -0.272 e. The molecule has 0 saturated heterocycles. The molecule has 0 spiro atoms. The van der Waals surface area contributed by atoms with Gasteiger partial charge in [0.05, 0.1) is 6.54 Å². The highest BCUT2D eigenvalue weighted by Crippen LogP contribution is 1.84. The van der Waals surface area contributed by atoms with E-state index in [1.165, 1.54) is 0 Å². The Balaban J connectivity index is 0.000000640. The zero-order valence-corrected chi connectivity index (χ0v) is 6.40. The van der Waals surface area contributed by atoms with Gasteiger partial charge in [-0.25, -0.2) is 0 Å². The van der Waals surface area contributed by atoms with Gasteiger partial charge in [-0.3, -0.25) is 4.68 Å². The molecule has 0 atom stereocenters. The van der Waals surface area contributed by atoms with E-state index in [0.717, 1.165) is 6.54 Å². The number of aryl methyl sites for hydroxylation is 1. The monoisotopic (exact) mass is 166 g/mol.